The molecule has 3 rings (SSSR count). The van der Waals surface area contributed by atoms with Crippen molar-refractivity contribution in [1.29, 1.82) is 0 Å². The number of aliphatic hydroxyl groups is 1. The van der Waals surface area contributed by atoms with Crippen LogP contribution in [0.25, 0.3) is 0 Å². The molecular weight excluding hydrogens is 292 g/mol. The second kappa shape index (κ2) is 6.71. The van der Waals surface area contributed by atoms with E-state index in [0.717, 1.165) is 30.5 Å². The zero-order chi connectivity index (χ0) is 16.4. The smallest absolute Gasteiger partial charge is 0.251 e. The quantitative estimate of drug-likeness (QED) is 0.891. The molecule has 1 heterocycles. The molecule has 0 saturated heterocycles. The van der Waals surface area contributed by atoms with Gasteiger partial charge >= 0.3 is 0 Å². The van der Waals surface area contributed by atoms with Crippen LogP contribution in [0, 0.1) is 5.92 Å². The maximum absolute atomic E-state index is 12.3. The van der Waals surface area contributed by atoms with Gasteiger partial charge in [-0.05, 0) is 48.9 Å². The molecule has 1 aromatic rings. The highest BCUT2D eigenvalue weighted by Crippen LogP contribution is 2.29. The topological polar surface area (TPSA) is 69.6 Å². The van der Waals surface area contributed by atoms with Crippen molar-refractivity contribution in [1.82, 2.24) is 5.32 Å². The Balaban J connectivity index is 1.61. The summed E-state index contributed by atoms with van der Waals surface area (Å²) in [5.41, 5.74) is 2.53. The van der Waals surface area contributed by atoms with Gasteiger partial charge in [-0.2, -0.15) is 0 Å². The molecule has 1 unspecified atom stereocenters. The summed E-state index contributed by atoms with van der Waals surface area (Å²) in [5, 5.41) is 13.0. The van der Waals surface area contributed by atoms with Crippen LogP contribution in [0.15, 0.2) is 18.2 Å². The fourth-order valence-corrected chi connectivity index (χ4v) is 3.68. The predicted octanol–water partition coefficient (Wildman–Crippen LogP) is 1.88. The molecule has 1 atom stereocenters. The van der Waals surface area contributed by atoms with Crippen LogP contribution in [0.1, 0.15) is 48.5 Å². The number of fused-ring (bicyclic) bond motifs is 1. The third-order valence-electron chi connectivity index (χ3n) is 5.03. The number of nitrogens with zero attached hydrogens (tertiary/aromatic N) is 1. The zero-order valence-corrected chi connectivity index (χ0v) is 13.5. The second-order valence-corrected chi connectivity index (χ2v) is 6.59. The van der Waals surface area contributed by atoms with Crippen molar-refractivity contribution in [2.75, 3.05) is 18.0 Å². The minimum atomic E-state index is -0.455. The number of hydrogen-bond acceptors (Lipinski definition) is 3. The average molecular weight is 316 g/mol. The van der Waals surface area contributed by atoms with Gasteiger partial charge in [0.05, 0.1) is 6.10 Å². The van der Waals surface area contributed by atoms with Gasteiger partial charge in [0, 0.05) is 31.3 Å². The van der Waals surface area contributed by atoms with E-state index in [-0.39, 0.29) is 11.8 Å². The summed E-state index contributed by atoms with van der Waals surface area (Å²) in [6.07, 6.45) is 4.78. The largest absolute Gasteiger partial charge is 0.391 e. The number of carbonyl (C=O) groups excluding carboxylic acids is 2. The molecule has 1 aliphatic heterocycles. The normalized spacial score (nSPS) is 18.8. The summed E-state index contributed by atoms with van der Waals surface area (Å²) in [6, 6.07) is 5.44. The highest BCUT2D eigenvalue weighted by Gasteiger charge is 2.25. The van der Waals surface area contributed by atoms with Crippen molar-refractivity contribution in [3.8, 4) is 0 Å². The minimum Gasteiger partial charge on any atom is -0.391 e. The van der Waals surface area contributed by atoms with Gasteiger partial charge in [0.25, 0.3) is 5.91 Å². The highest BCUT2D eigenvalue weighted by molar-refractivity contribution is 5.97. The first-order valence-electron chi connectivity index (χ1n) is 8.43. The van der Waals surface area contributed by atoms with E-state index in [9.17, 15) is 14.7 Å². The maximum atomic E-state index is 12.3. The van der Waals surface area contributed by atoms with E-state index in [1.807, 2.05) is 12.1 Å². The Morgan fingerprint density at radius 3 is 2.78 bits per heavy atom. The summed E-state index contributed by atoms with van der Waals surface area (Å²) in [7, 11) is 0. The molecule has 2 aliphatic rings. The molecule has 124 valence electrons. The first-order valence-corrected chi connectivity index (χ1v) is 8.43. The van der Waals surface area contributed by atoms with Gasteiger partial charge in [-0.3, -0.25) is 9.59 Å². The van der Waals surface area contributed by atoms with Crippen LogP contribution in [-0.4, -0.2) is 36.1 Å². The standard InChI is InChI=1S/C18H24N2O3/c1-12(21)20-9-8-14-10-15(6-7-16(14)20)18(23)19-11-17(22)13-4-2-3-5-13/h6-7,10,13,17,22H,2-5,8-9,11H2,1H3,(H,19,23). The number of rotatable bonds is 4. The summed E-state index contributed by atoms with van der Waals surface area (Å²) >= 11 is 0. The van der Waals surface area contributed by atoms with Crippen molar-refractivity contribution in [2.24, 2.45) is 5.92 Å². The maximum Gasteiger partial charge on any atom is 0.251 e. The van der Waals surface area contributed by atoms with Crippen LogP contribution in [-0.2, 0) is 11.2 Å². The number of hydrogen-bond donors (Lipinski definition) is 2. The van der Waals surface area contributed by atoms with Crippen LogP contribution >= 0.6 is 0 Å². The van der Waals surface area contributed by atoms with Crippen molar-refractivity contribution >= 4 is 17.5 Å². The lowest BCUT2D eigenvalue weighted by Gasteiger charge is -2.18. The molecule has 5 nitrogen and oxygen atoms in total. The lowest BCUT2D eigenvalue weighted by molar-refractivity contribution is -0.116. The molecule has 0 bridgehead atoms. The molecular formula is C18H24N2O3. The summed E-state index contributed by atoms with van der Waals surface area (Å²) in [5.74, 6) is 0.186. The molecule has 5 heteroatoms. The second-order valence-electron chi connectivity index (χ2n) is 6.59. The van der Waals surface area contributed by atoms with Gasteiger partial charge in [0.15, 0.2) is 0 Å². The monoisotopic (exact) mass is 316 g/mol. The number of aliphatic hydroxyl groups excluding tert-OH is 1. The molecule has 0 spiro atoms. The lowest BCUT2D eigenvalue weighted by Crippen LogP contribution is -2.35. The first-order chi connectivity index (χ1) is 11.1. The van der Waals surface area contributed by atoms with Gasteiger partial charge in [0.2, 0.25) is 5.91 Å². The van der Waals surface area contributed by atoms with Crippen LogP contribution in [0.3, 0.4) is 0 Å². The molecule has 1 aliphatic carbocycles. The fourth-order valence-electron chi connectivity index (χ4n) is 3.68. The van der Waals surface area contributed by atoms with Gasteiger partial charge in [-0.25, -0.2) is 0 Å². The molecule has 0 radical (unpaired) electrons. The van der Waals surface area contributed by atoms with Gasteiger partial charge < -0.3 is 15.3 Å². The molecule has 1 saturated carbocycles. The van der Waals surface area contributed by atoms with Crippen molar-refractivity contribution in [3.05, 3.63) is 29.3 Å². The summed E-state index contributed by atoms with van der Waals surface area (Å²) in [4.78, 5) is 25.6. The van der Waals surface area contributed by atoms with Crippen LogP contribution in [0.4, 0.5) is 5.69 Å². The Labute approximate surface area is 136 Å². The van der Waals surface area contributed by atoms with E-state index in [2.05, 4.69) is 5.32 Å². The Morgan fingerprint density at radius 2 is 2.09 bits per heavy atom. The molecule has 1 fully saturated rings. The highest BCUT2D eigenvalue weighted by atomic mass is 16.3. The van der Waals surface area contributed by atoms with Crippen molar-refractivity contribution < 1.29 is 14.7 Å². The van der Waals surface area contributed by atoms with E-state index in [4.69, 9.17) is 0 Å². The Bertz CT molecular complexity index is 608. The summed E-state index contributed by atoms with van der Waals surface area (Å²) in [6.45, 7) is 2.54. The van der Waals surface area contributed by atoms with Crippen LogP contribution < -0.4 is 10.2 Å². The predicted molar refractivity (Wildman–Crippen MR) is 88.5 cm³/mol. The van der Waals surface area contributed by atoms with Crippen molar-refractivity contribution in [3.63, 3.8) is 0 Å². The summed E-state index contributed by atoms with van der Waals surface area (Å²) < 4.78 is 0. The molecule has 2 N–H and O–H groups in total. The first kappa shape index (κ1) is 16.0. The minimum absolute atomic E-state index is 0.0284. The third-order valence-corrected chi connectivity index (χ3v) is 5.03. The number of carbonyl (C=O) groups is 2. The Morgan fingerprint density at radius 1 is 1.35 bits per heavy atom. The van der Waals surface area contributed by atoms with Gasteiger partial charge in [-0.1, -0.05) is 12.8 Å². The number of amides is 2. The molecule has 1 aromatic carbocycles. The number of nitrogens with one attached hydrogen (secondary N) is 1. The van der Waals surface area contributed by atoms with Crippen LogP contribution in [0.2, 0.25) is 0 Å². The molecule has 2 amide bonds. The van der Waals surface area contributed by atoms with E-state index >= 15 is 0 Å². The Hall–Kier alpha value is -1.88. The van der Waals surface area contributed by atoms with E-state index < -0.39 is 6.10 Å². The fraction of sp³-hybridized carbons (Fsp3) is 0.556. The Kier molecular flexibility index (Phi) is 4.66. The third kappa shape index (κ3) is 3.39. The average Bonchev–Trinajstić information content (AvgIpc) is 3.20. The van der Waals surface area contributed by atoms with E-state index in [1.165, 1.54) is 12.8 Å². The molecule has 0 aromatic heterocycles. The zero-order valence-electron chi connectivity index (χ0n) is 13.5. The molecule has 23 heavy (non-hydrogen) atoms. The van der Waals surface area contributed by atoms with E-state index in [1.54, 1.807) is 17.9 Å². The van der Waals surface area contributed by atoms with Crippen LogP contribution in [0.5, 0.6) is 0 Å². The number of anilines is 1. The lowest BCUT2D eigenvalue weighted by atomic mass is 10.0. The van der Waals surface area contributed by atoms with Gasteiger partial charge in [0.1, 0.15) is 0 Å². The van der Waals surface area contributed by atoms with Crippen molar-refractivity contribution in [2.45, 2.75) is 45.1 Å². The van der Waals surface area contributed by atoms with Gasteiger partial charge in [-0.15, -0.1) is 0 Å². The SMILES string of the molecule is CC(=O)N1CCc2cc(C(=O)NCC(O)C3CCCC3)ccc21. The van der Waals surface area contributed by atoms with E-state index in [0.29, 0.717) is 24.6 Å². The number of benzene rings is 1.